The molecule has 1 fully saturated rings. The first-order valence-electron chi connectivity index (χ1n) is 7.23. The average molecular weight is 286 g/mol. The second kappa shape index (κ2) is 5.59. The monoisotopic (exact) mass is 285 g/mol. The maximum absolute atomic E-state index is 6.19. The van der Waals surface area contributed by atoms with Crippen LogP contribution >= 0.6 is 11.6 Å². The smallest absolute Gasteiger partial charge is 0.0412 e. The summed E-state index contributed by atoms with van der Waals surface area (Å²) in [6.07, 6.45) is 2.62. The Bertz CT molecular complexity index is 629. The third-order valence-electron chi connectivity index (χ3n) is 4.05. The molecular formula is C18H20ClN. The molecule has 0 aliphatic heterocycles. The van der Waals surface area contributed by atoms with Crippen LogP contribution < -0.4 is 5.32 Å². The van der Waals surface area contributed by atoms with Crippen molar-refractivity contribution in [3.8, 4) is 11.1 Å². The van der Waals surface area contributed by atoms with Crippen molar-refractivity contribution in [2.24, 2.45) is 0 Å². The number of hydrogen-bond acceptors (Lipinski definition) is 1. The van der Waals surface area contributed by atoms with E-state index in [0.717, 1.165) is 17.6 Å². The number of aryl methyl sites for hydroxylation is 2. The Kier molecular flexibility index (Phi) is 3.82. The third kappa shape index (κ3) is 3.05. The number of hydrogen-bond donors (Lipinski definition) is 1. The van der Waals surface area contributed by atoms with Crippen molar-refractivity contribution in [3.63, 3.8) is 0 Å². The molecule has 3 rings (SSSR count). The molecule has 2 aromatic carbocycles. The van der Waals surface area contributed by atoms with E-state index >= 15 is 0 Å². The molecule has 1 aliphatic rings. The summed E-state index contributed by atoms with van der Waals surface area (Å²) in [4.78, 5) is 0. The summed E-state index contributed by atoms with van der Waals surface area (Å²) in [5, 5.41) is 4.38. The first kappa shape index (κ1) is 13.7. The SMILES string of the molecule is Cc1ccc(-c2cc(Cl)ccc2CNC2CC2)cc1C. The predicted octanol–water partition coefficient (Wildman–Crippen LogP) is 4.88. The molecule has 0 bridgehead atoms. The Morgan fingerprint density at radius 2 is 1.85 bits per heavy atom. The standard InChI is InChI=1S/C18H20ClN/c1-12-3-4-14(9-13(12)2)18-10-16(19)6-5-15(18)11-20-17-7-8-17/h3-6,9-10,17,20H,7-8,11H2,1-2H3. The van der Waals surface area contributed by atoms with Gasteiger partial charge in [-0.3, -0.25) is 0 Å². The fourth-order valence-electron chi connectivity index (χ4n) is 2.42. The van der Waals surface area contributed by atoms with Crippen molar-refractivity contribution in [2.45, 2.75) is 39.3 Å². The molecule has 0 saturated heterocycles. The summed E-state index contributed by atoms with van der Waals surface area (Å²) >= 11 is 6.19. The van der Waals surface area contributed by atoms with Gasteiger partial charge < -0.3 is 5.32 Å². The van der Waals surface area contributed by atoms with Gasteiger partial charge in [0.05, 0.1) is 0 Å². The van der Waals surface area contributed by atoms with E-state index in [-0.39, 0.29) is 0 Å². The molecular weight excluding hydrogens is 266 g/mol. The lowest BCUT2D eigenvalue weighted by molar-refractivity contribution is 0.689. The third-order valence-corrected chi connectivity index (χ3v) is 4.28. The first-order chi connectivity index (χ1) is 9.63. The van der Waals surface area contributed by atoms with Crippen molar-refractivity contribution < 1.29 is 0 Å². The minimum Gasteiger partial charge on any atom is -0.310 e. The fourth-order valence-corrected chi connectivity index (χ4v) is 2.59. The van der Waals surface area contributed by atoms with E-state index in [0.29, 0.717) is 0 Å². The van der Waals surface area contributed by atoms with Crippen LogP contribution in [0.4, 0.5) is 0 Å². The minimum atomic E-state index is 0.721. The molecule has 1 nitrogen and oxygen atoms in total. The van der Waals surface area contributed by atoms with E-state index in [9.17, 15) is 0 Å². The molecule has 0 atom stereocenters. The first-order valence-corrected chi connectivity index (χ1v) is 7.61. The summed E-state index contributed by atoms with van der Waals surface area (Å²) in [6, 6.07) is 13.5. The van der Waals surface area contributed by atoms with Crippen LogP contribution in [0.2, 0.25) is 5.02 Å². The van der Waals surface area contributed by atoms with Crippen molar-refractivity contribution in [1.29, 1.82) is 0 Å². The Morgan fingerprint density at radius 1 is 1.05 bits per heavy atom. The molecule has 0 spiro atoms. The van der Waals surface area contributed by atoms with Crippen molar-refractivity contribution >= 4 is 11.6 Å². The molecule has 0 unspecified atom stereocenters. The normalized spacial score (nSPS) is 14.6. The van der Waals surface area contributed by atoms with Crippen LogP contribution in [0.25, 0.3) is 11.1 Å². The summed E-state index contributed by atoms with van der Waals surface area (Å²) in [5.74, 6) is 0. The highest BCUT2D eigenvalue weighted by molar-refractivity contribution is 6.30. The number of halogens is 1. The van der Waals surface area contributed by atoms with Gasteiger partial charge in [-0.2, -0.15) is 0 Å². The lowest BCUT2D eigenvalue weighted by Crippen LogP contribution is -2.15. The van der Waals surface area contributed by atoms with Gasteiger partial charge in [-0.15, -0.1) is 0 Å². The Labute approximate surface area is 126 Å². The van der Waals surface area contributed by atoms with Crippen molar-refractivity contribution in [2.75, 3.05) is 0 Å². The topological polar surface area (TPSA) is 12.0 Å². The zero-order valence-electron chi connectivity index (χ0n) is 12.0. The van der Waals surface area contributed by atoms with Gasteiger partial charge in [-0.25, -0.2) is 0 Å². The lowest BCUT2D eigenvalue weighted by Gasteiger charge is -2.13. The van der Waals surface area contributed by atoms with Gasteiger partial charge in [0.25, 0.3) is 0 Å². The molecule has 1 N–H and O–H groups in total. The van der Waals surface area contributed by atoms with Gasteiger partial charge in [-0.1, -0.05) is 35.9 Å². The molecule has 0 aromatic heterocycles. The van der Waals surface area contributed by atoms with E-state index in [2.05, 4.69) is 49.5 Å². The van der Waals surface area contributed by atoms with Crippen LogP contribution in [0.5, 0.6) is 0 Å². The second-order valence-electron chi connectivity index (χ2n) is 5.76. The molecule has 104 valence electrons. The molecule has 2 aromatic rings. The van der Waals surface area contributed by atoms with Crippen LogP contribution in [0.1, 0.15) is 29.5 Å². The number of rotatable bonds is 4. The molecule has 0 amide bonds. The van der Waals surface area contributed by atoms with Crippen LogP contribution in [-0.2, 0) is 6.54 Å². The van der Waals surface area contributed by atoms with Gasteiger partial charge >= 0.3 is 0 Å². The minimum absolute atomic E-state index is 0.721. The Balaban J connectivity index is 1.96. The van der Waals surface area contributed by atoms with Gasteiger partial charge in [-0.05, 0) is 66.6 Å². The molecule has 20 heavy (non-hydrogen) atoms. The van der Waals surface area contributed by atoms with E-state index < -0.39 is 0 Å². The van der Waals surface area contributed by atoms with Gasteiger partial charge in [0.15, 0.2) is 0 Å². The van der Waals surface area contributed by atoms with Gasteiger partial charge in [0.2, 0.25) is 0 Å². The van der Waals surface area contributed by atoms with Crippen LogP contribution in [0, 0.1) is 13.8 Å². The largest absolute Gasteiger partial charge is 0.310 e. The molecule has 1 aliphatic carbocycles. The predicted molar refractivity (Wildman–Crippen MR) is 86.2 cm³/mol. The summed E-state index contributed by atoms with van der Waals surface area (Å²) < 4.78 is 0. The number of nitrogens with one attached hydrogen (secondary N) is 1. The van der Waals surface area contributed by atoms with Gasteiger partial charge in [0.1, 0.15) is 0 Å². The second-order valence-corrected chi connectivity index (χ2v) is 6.19. The van der Waals surface area contributed by atoms with E-state index in [4.69, 9.17) is 11.6 Å². The highest BCUT2D eigenvalue weighted by atomic mass is 35.5. The quantitative estimate of drug-likeness (QED) is 0.844. The fraction of sp³-hybridized carbons (Fsp3) is 0.333. The highest BCUT2D eigenvalue weighted by Crippen LogP contribution is 2.29. The van der Waals surface area contributed by atoms with E-state index in [1.807, 2.05) is 6.07 Å². The Hall–Kier alpha value is -1.31. The van der Waals surface area contributed by atoms with Crippen LogP contribution in [0.15, 0.2) is 36.4 Å². The Morgan fingerprint density at radius 3 is 2.55 bits per heavy atom. The highest BCUT2D eigenvalue weighted by Gasteiger charge is 2.20. The average Bonchev–Trinajstić information content (AvgIpc) is 3.24. The summed E-state index contributed by atoms with van der Waals surface area (Å²) in [5.41, 5.74) is 6.47. The van der Waals surface area contributed by atoms with Crippen LogP contribution in [-0.4, -0.2) is 6.04 Å². The van der Waals surface area contributed by atoms with E-state index in [1.165, 1.54) is 40.7 Å². The molecule has 0 radical (unpaired) electrons. The maximum Gasteiger partial charge on any atom is 0.0412 e. The van der Waals surface area contributed by atoms with Crippen molar-refractivity contribution in [3.05, 3.63) is 58.1 Å². The zero-order valence-corrected chi connectivity index (χ0v) is 12.8. The molecule has 1 saturated carbocycles. The van der Waals surface area contributed by atoms with Crippen LogP contribution in [0.3, 0.4) is 0 Å². The maximum atomic E-state index is 6.19. The molecule has 0 heterocycles. The molecule has 2 heteroatoms. The summed E-state index contributed by atoms with van der Waals surface area (Å²) in [6.45, 7) is 5.22. The summed E-state index contributed by atoms with van der Waals surface area (Å²) in [7, 11) is 0. The lowest BCUT2D eigenvalue weighted by atomic mass is 9.96. The number of benzene rings is 2. The zero-order chi connectivity index (χ0) is 14.1. The van der Waals surface area contributed by atoms with E-state index in [1.54, 1.807) is 0 Å². The van der Waals surface area contributed by atoms with Crippen molar-refractivity contribution in [1.82, 2.24) is 5.32 Å². The van der Waals surface area contributed by atoms with Gasteiger partial charge in [0, 0.05) is 17.6 Å².